The van der Waals surface area contributed by atoms with Gasteiger partial charge in [-0.1, -0.05) is 41.3 Å². The lowest BCUT2D eigenvalue weighted by Gasteiger charge is -2.36. The zero-order valence-electron chi connectivity index (χ0n) is 17.2. The highest BCUT2D eigenvalue weighted by Crippen LogP contribution is 2.34. The monoisotopic (exact) mass is 442 g/mol. The smallest absolute Gasteiger partial charge is 0.289 e. The lowest BCUT2D eigenvalue weighted by molar-refractivity contribution is 0.0615. The van der Waals surface area contributed by atoms with E-state index in [2.05, 4.69) is 15.1 Å². The van der Waals surface area contributed by atoms with Crippen molar-refractivity contribution in [2.75, 3.05) is 26.2 Å². The number of hydrogen-bond acceptors (Lipinski definition) is 7. The molecule has 1 amide bonds. The number of carbonyl (C=O) groups excluding carboxylic acids is 1. The van der Waals surface area contributed by atoms with Crippen LogP contribution in [-0.2, 0) is 5.75 Å². The summed E-state index contributed by atoms with van der Waals surface area (Å²) in [5, 5.41) is 10.3. The molecule has 3 aromatic rings. The first-order chi connectivity index (χ1) is 14.7. The van der Waals surface area contributed by atoms with Crippen LogP contribution in [0.2, 0.25) is 0 Å². The van der Waals surface area contributed by atoms with Crippen LogP contribution >= 0.6 is 23.1 Å². The molecule has 8 heteroatoms. The minimum atomic E-state index is 0.0233. The highest BCUT2D eigenvalue weighted by molar-refractivity contribution is 8.00. The lowest BCUT2D eigenvalue weighted by Crippen LogP contribution is -2.46. The van der Waals surface area contributed by atoms with E-state index >= 15 is 0 Å². The van der Waals surface area contributed by atoms with Crippen LogP contribution in [0, 0.1) is 6.92 Å². The third-order valence-corrected chi connectivity index (χ3v) is 8.15. The summed E-state index contributed by atoms with van der Waals surface area (Å²) >= 11 is 3.20. The lowest BCUT2D eigenvalue weighted by atomic mass is 10.0. The molecule has 5 rings (SSSR count). The molecule has 0 radical (unpaired) electrons. The molecule has 0 bridgehead atoms. The molecular weight excluding hydrogens is 416 g/mol. The van der Waals surface area contributed by atoms with Crippen LogP contribution in [0.5, 0.6) is 0 Å². The molecule has 0 saturated carbocycles. The number of para-hydroxylation sites is 1. The number of hydrogen-bond donors (Lipinski definition) is 0. The van der Waals surface area contributed by atoms with Gasteiger partial charge in [-0.2, -0.15) is 0 Å². The molecule has 2 aliphatic rings. The minimum Gasteiger partial charge on any atom is -0.451 e. The molecule has 0 unspecified atom stereocenters. The summed E-state index contributed by atoms with van der Waals surface area (Å²) in [5.74, 6) is 1.16. The summed E-state index contributed by atoms with van der Waals surface area (Å²) in [6, 6.07) is 8.55. The predicted octanol–water partition coefficient (Wildman–Crippen LogP) is 4.59. The Hall–Kier alpha value is -1.90. The summed E-state index contributed by atoms with van der Waals surface area (Å²) in [7, 11) is 0. The van der Waals surface area contributed by atoms with Gasteiger partial charge in [-0.15, -0.1) is 10.2 Å². The van der Waals surface area contributed by atoms with Gasteiger partial charge in [0.15, 0.2) is 10.1 Å². The fraction of sp³-hybridized carbons (Fsp3) is 0.500. The topological polar surface area (TPSA) is 62.5 Å². The van der Waals surface area contributed by atoms with Crippen LogP contribution in [0.3, 0.4) is 0 Å². The Balaban J connectivity index is 1.34. The second-order valence-corrected chi connectivity index (χ2v) is 10.5. The molecule has 30 heavy (non-hydrogen) atoms. The number of fused-ring (bicyclic) bond motifs is 1. The Morgan fingerprint density at radius 1 is 1.17 bits per heavy atom. The Bertz CT molecular complexity index is 1030. The van der Waals surface area contributed by atoms with Gasteiger partial charge in [-0.25, -0.2) is 0 Å². The molecule has 6 nitrogen and oxygen atoms in total. The van der Waals surface area contributed by atoms with Crippen LogP contribution in [0.4, 0.5) is 0 Å². The van der Waals surface area contributed by atoms with Crippen molar-refractivity contribution in [1.29, 1.82) is 0 Å². The van der Waals surface area contributed by atoms with Crippen LogP contribution in [0.25, 0.3) is 11.0 Å². The molecule has 4 heterocycles. The van der Waals surface area contributed by atoms with Gasteiger partial charge in [0.25, 0.3) is 5.91 Å². The number of likely N-dealkylation sites (tertiary alicyclic amines) is 2. The Morgan fingerprint density at radius 3 is 2.67 bits per heavy atom. The van der Waals surface area contributed by atoms with E-state index in [1.54, 1.807) is 23.1 Å². The summed E-state index contributed by atoms with van der Waals surface area (Å²) < 4.78 is 7.01. The van der Waals surface area contributed by atoms with E-state index in [9.17, 15) is 4.79 Å². The SMILES string of the molecule is Cc1nnc(SCc2c(C(=O)N3CCC(N4CCCC4)CC3)oc3ccccc23)s1. The maximum atomic E-state index is 13.4. The number of piperidine rings is 1. The number of carbonyl (C=O) groups is 1. The molecule has 1 aromatic carbocycles. The molecule has 158 valence electrons. The molecule has 2 saturated heterocycles. The van der Waals surface area contributed by atoms with Crippen LogP contribution in [0.1, 0.15) is 46.8 Å². The maximum Gasteiger partial charge on any atom is 0.289 e. The van der Waals surface area contributed by atoms with Gasteiger partial charge in [0, 0.05) is 35.8 Å². The quantitative estimate of drug-likeness (QED) is 0.539. The van der Waals surface area contributed by atoms with Crippen LogP contribution in [-0.4, -0.2) is 58.1 Å². The normalized spacial score (nSPS) is 18.5. The van der Waals surface area contributed by atoms with Crippen molar-refractivity contribution in [2.45, 2.75) is 48.7 Å². The minimum absolute atomic E-state index is 0.0233. The van der Waals surface area contributed by atoms with Gasteiger partial charge in [0.1, 0.15) is 10.6 Å². The molecule has 0 N–H and O–H groups in total. The Labute approximate surface area is 184 Å². The van der Waals surface area contributed by atoms with E-state index in [0.717, 1.165) is 51.8 Å². The first kappa shape index (κ1) is 20.0. The molecular formula is C22H26N4O2S2. The van der Waals surface area contributed by atoms with Crippen molar-refractivity contribution in [3.63, 3.8) is 0 Å². The highest BCUT2D eigenvalue weighted by atomic mass is 32.2. The number of thioether (sulfide) groups is 1. The number of amides is 1. The zero-order chi connectivity index (χ0) is 20.5. The van der Waals surface area contributed by atoms with Crippen molar-refractivity contribution in [2.24, 2.45) is 0 Å². The third-order valence-electron chi connectivity index (χ3n) is 6.15. The van der Waals surface area contributed by atoms with Crippen molar-refractivity contribution in [1.82, 2.24) is 20.0 Å². The summed E-state index contributed by atoms with van der Waals surface area (Å²) in [5.41, 5.74) is 1.74. The van der Waals surface area contributed by atoms with Gasteiger partial charge in [-0.3, -0.25) is 4.79 Å². The Morgan fingerprint density at radius 2 is 1.93 bits per heavy atom. The van der Waals surface area contributed by atoms with Crippen LogP contribution < -0.4 is 0 Å². The molecule has 2 fully saturated rings. The molecule has 2 aromatic heterocycles. The zero-order valence-corrected chi connectivity index (χ0v) is 18.8. The molecule has 0 aliphatic carbocycles. The van der Waals surface area contributed by atoms with E-state index in [0.29, 0.717) is 17.6 Å². The number of aryl methyl sites for hydroxylation is 1. The van der Waals surface area contributed by atoms with Crippen molar-refractivity contribution in [3.8, 4) is 0 Å². The fourth-order valence-electron chi connectivity index (χ4n) is 4.57. The van der Waals surface area contributed by atoms with Gasteiger partial charge >= 0.3 is 0 Å². The number of benzene rings is 1. The first-order valence-electron chi connectivity index (χ1n) is 10.7. The second kappa shape index (κ2) is 8.69. The van der Waals surface area contributed by atoms with Gasteiger partial charge in [0.2, 0.25) is 0 Å². The van der Waals surface area contributed by atoms with Gasteiger partial charge in [-0.05, 0) is 51.8 Å². The van der Waals surface area contributed by atoms with Crippen molar-refractivity contribution in [3.05, 3.63) is 40.6 Å². The molecule has 2 aliphatic heterocycles. The second-order valence-electron chi connectivity index (χ2n) is 8.05. The fourth-order valence-corrected chi connectivity index (χ4v) is 6.41. The largest absolute Gasteiger partial charge is 0.451 e. The summed E-state index contributed by atoms with van der Waals surface area (Å²) in [4.78, 5) is 18.0. The van der Waals surface area contributed by atoms with E-state index in [4.69, 9.17) is 4.42 Å². The first-order valence-corrected chi connectivity index (χ1v) is 12.5. The summed E-state index contributed by atoms with van der Waals surface area (Å²) in [6.07, 6.45) is 4.74. The maximum absolute atomic E-state index is 13.4. The van der Waals surface area contributed by atoms with Crippen molar-refractivity contribution < 1.29 is 9.21 Å². The van der Waals surface area contributed by atoms with E-state index in [1.807, 2.05) is 36.1 Å². The number of rotatable bonds is 5. The van der Waals surface area contributed by atoms with E-state index in [-0.39, 0.29) is 5.91 Å². The average molecular weight is 443 g/mol. The van der Waals surface area contributed by atoms with E-state index in [1.165, 1.54) is 25.9 Å². The standard InChI is InChI=1S/C22H26N4O2S2/c1-15-23-24-22(30-15)29-14-18-17-6-2-3-7-19(17)28-20(18)21(27)26-12-8-16(9-13-26)25-10-4-5-11-25/h2-3,6-7,16H,4-5,8-14H2,1H3. The number of aromatic nitrogens is 2. The Kier molecular flexibility index (Phi) is 5.80. The number of furan rings is 1. The predicted molar refractivity (Wildman–Crippen MR) is 120 cm³/mol. The summed E-state index contributed by atoms with van der Waals surface area (Å²) in [6.45, 7) is 6.00. The van der Waals surface area contributed by atoms with Crippen molar-refractivity contribution >= 4 is 40.0 Å². The number of nitrogens with zero attached hydrogens (tertiary/aromatic N) is 4. The average Bonchev–Trinajstić information content (AvgIpc) is 3.52. The van der Waals surface area contributed by atoms with E-state index < -0.39 is 0 Å². The van der Waals surface area contributed by atoms with Gasteiger partial charge in [0.05, 0.1) is 0 Å². The van der Waals surface area contributed by atoms with Crippen LogP contribution in [0.15, 0.2) is 33.0 Å². The molecule has 0 spiro atoms. The highest BCUT2D eigenvalue weighted by Gasteiger charge is 2.31. The molecule has 0 atom stereocenters. The van der Waals surface area contributed by atoms with Gasteiger partial charge < -0.3 is 14.2 Å². The third kappa shape index (κ3) is 4.00.